The van der Waals surface area contributed by atoms with Crippen molar-refractivity contribution in [2.45, 2.75) is 46.1 Å². The summed E-state index contributed by atoms with van der Waals surface area (Å²) in [6.07, 6.45) is 2.07. The van der Waals surface area contributed by atoms with E-state index in [2.05, 4.69) is 9.84 Å². The zero-order valence-corrected chi connectivity index (χ0v) is 11.2. The second-order valence-corrected chi connectivity index (χ2v) is 4.26. The molecule has 0 aromatic carbocycles. The molecule has 1 rings (SSSR count). The molecule has 0 radical (unpaired) electrons. The average Bonchev–Trinajstić information content (AvgIpc) is 2.69. The number of ketones is 1. The van der Waals surface area contributed by atoms with Gasteiger partial charge < -0.3 is 4.74 Å². The summed E-state index contributed by atoms with van der Waals surface area (Å²) in [6.45, 7) is 4.24. The first-order valence-corrected chi connectivity index (χ1v) is 6.18. The van der Waals surface area contributed by atoms with E-state index in [4.69, 9.17) is 0 Å². The minimum absolute atomic E-state index is 0.0942. The molecule has 0 aliphatic rings. The molecule has 0 fully saturated rings. The summed E-state index contributed by atoms with van der Waals surface area (Å²) >= 11 is 0. The Morgan fingerprint density at radius 2 is 2.11 bits per heavy atom. The number of ether oxygens (including phenoxy) is 1. The van der Waals surface area contributed by atoms with Gasteiger partial charge >= 0.3 is 5.97 Å². The van der Waals surface area contributed by atoms with Gasteiger partial charge in [0.25, 0.3) is 0 Å². The summed E-state index contributed by atoms with van der Waals surface area (Å²) in [7, 11) is 1.35. The van der Waals surface area contributed by atoms with E-state index in [0.29, 0.717) is 19.3 Å². The number of rotatable bonds is 7. The summed E-state index contributed by atoms with van der Waals surface area (Å²) < 4.78 is 6.27. The second-order valence-electron chi connectivity index (χ2n) is 4.26. The number of hydrogen-bond donors (Lipinski definition) is 0. The number of Topliss-reactive ketones (excluding diaryl/α,β-unsaturated/α-hetero) is 1. The topological polar surface area (TPSA) is 61.2 Å². The quantitative estimate of drug-likeness (QED) is 0.692. The van der Waals surface area contributed by atoms with Gasteiger partial charge in [-0.05, 0) is 25.8 Å². The number of esters is 1. The third kappa shape index (κ3) is 4.31. The molecule has 0 atom stereocenters. The zero-order valence-electron chi connectivity index (χ0n) is 11.2. The smallest absolute Gasteiger partial charge is 0.305 e. The maximum absolute atomic E-state index is 11.7. The number of aromatic nitrogens is 2. The van der Waals surface area contributed by atoms with Crippen LogP contribution in [0.1, 0.15) is 37.6 Å². The average molecular weight is 252 g/mol. The summed E-state index contributed by atoms with van der Waals surface area (Å²) in [4.78, 5) is 22.7. The van der Waals surface area contributed by atoms with E-state index in [9.17, 15) is 9.59 Å². The van der Waals surface area contributed by atoms with Gasteiger partial charge in [-0.3, -0.25) is 14.3 Å². The lowest BCUT2D eigenvalue weighted by Gasteiger charge is -2.05. The van der Waals surface area contributed by atoms with E-state index in [-0.39, 0.29) is 18.3 Å². The minimum atomic E-state index is -0.271. The molecule has 5 heteroatoms. The predicted molar refractivity (Wildman–Crippen MR) is 67.2 cm³/mol. The van der Waals surface area contributed by atoms with Crippen LogP contribution in [-0.2, 0) is 27.3 Å². The number of carbonyl (C=O) groups is 2. The zero-order chi connectivity index (χ0) is 13.5. The first-order chi connectivity index (χ1) is 8.56. The molecule has 0 N–H and O–H groups in total. The molecule has 18 heavy (non-hydrogen) atoms. The number of nitrogens with zero attached hydrogens (tertiary/aromatic N) is 2. The van der Waals surface area contributed by atoms with Crippen LogP contribution in [0.4, 0.5) is 0 Å². The molecule has 100 valence electrons. The molecule has 0 bridgehead atoms. The van der Waals surface area contributed by atoms with Crippen LogP contribution in [0.2, 0.25) is 0 Å². The van der Waals surface area contributed by atoms with Crippen LogP contribution < -0.4 is 0 Å². The van der Waals surface area contributed by atoms with Gasteiger partial charge in [0.1, 0.15) is 0 Å². The first-order valence-electron chi connectivity index (χ1n) is 6.18. The van der Waals surface area contributed by atoms with Gasteiger partial charge in [0.05, 0.1) is 19.3 Å². The maximum Gasteiger partial charge on any atom is 0.305 e. The van der Waals surface area contributed by atoms with Crippen molar-refractivity contribution in [3.63, 3.8) is 0 Å². The Balaban J connectivity index is 2.42. The van der Waals surface area contributed by atoms with Crippen LogP contribution in [0, 0.1) is 6.92 Å². The summed E-state index contributed by atoms with van der Waals surface area (Å²) in [5.41, 5.74) is 1.99. The van der Waals surface area contributed by atoms with Crippen LogP contribution in [0.25, 0.3) is 0 Å². The monoisotopic (exact) mass is 252 g/mol. The predicted octanol–water partition coefficient (Wildman–Crippen LogP) is 1.67. The highest BCUT2D eigenvalue weighted by molar-refractivity contribution is 5.79. The highest BCUT2D eigenvalue weighted by atomic mass is 16.5. The molecule has 1 aromatic heterocycles. The molecule has 0 spiro atoms. The summed E-state index contributed by atoms with van der Waals surface area (Å²) in [6, 6.07) is 1.99. The van der Waals surface area contributed by atoms with Crippen LogP contribution >= 0.6 is 0 Å². The Morgan fingerprint density at radius 1 is 1.39 bits per heavy atom. The van der Waals surface area contributed by atoms with E-state index in [0.717, 1.165) is 17.8 Å². The van der Waals surface area contributed by atoms with Crippen molar-refractivity contribution in [2.75, 3.05) is 7.11 Å². The first kappa shape index (κ1) is 14.4. The van der Waals surface area contributed by atoms with Gasteiger partial charge in [-0.25, -0.2) is 0 Å². The standard InChI is InChI=1S/C13H20N2O3/c1-4-11-8-10(2)14-15(11)9-12(16)6-5-7-13(17)18-3/h8H,4-7,9H2,1-3H3. The third-order valence-electron chi connectivity index (χ3n) is 2.74. The van der Waals surface area contributed by atoms with E-state index in [1.165, 1.54) is 7.11 Å². The molecule has 0 saturated heterocycles. The molecule has 1 heterocycles. The van der Waals surface area contributed by atoms with Gasteiger partial charge in [-0.15, -0.1) is 0 Å². The van der Waals surface area contributed by atoms with E-state index in [1.54, 1.807) is 4.68 Å². The molecule has 5 nitrogen and oxygen atoms in total. The fraction of sp³-hybridized carbons (Fsp3) is 0.615. The lowest BCUT2D eigenvalue weighted by atomic mass is 10.2. The van der Waals surface area contributed by atoms with Gasteiger partial charge in [-0.1, -0.05) is 6.92 Å². The number of carbonyl (C=O) groups excluding carboxylic acids is 2. The molecule has 0 aliphatic carbocycles. The van der Waals surface area contributed by atoms with Crippen LogP contribution in [0.5, 0.6) is 0 Å². The summed E-state index contributed by atoms with van der Waals surface area (Å²) in [5, 5.41) is 4.29. The highest BCUT2D eigenvalue weighted by Crippen LogP contribution is 2.06. The van der Waals surface area contributed by atoms with Gasteiger partial charge in [0.2, 0.25) is 0 Å². The highest BCUT2D eigenvalue weighted by Gasteiger charge is 2.09. The van der Waals surface area contributed by atoms with Crippen molar-refractivity contribution >= 4 is 11.8 Å². The molecule has 0 amide bonds. The molecule has 1 aromatic rings. The lowest BCUT2D eigenvalue weighted by Crippen LogP contribution is -2.14. The summed E-state index contributed by atoms with van der Waals surface area (Å²) in [5.74, 6) is -0.177. The number of hydrogen-bond acceptors (Lipinski definition) is 4. The Kier molecular flexibility index (Phi) is 5.55. The van der Waals surface area contributed by atoms with Crippen LogP contribution in [0.3, 0.4) is 0 Å². The molecule has 0 unspecified atom stereocenters. The normalized spacial score (nSPS) is 10.4. The van der Waals surface area contributed by atoms with E-state index in [1.807, 2.05) is 19.9 Å². The molecular weight excluding hydrogens is 232 g/mol. The molecule has 0 saturated carbocycles. The fourth-order valence-electron chi connectivity index (χ4n) is 1.80. The number of methoxy groups -OCH3 is 1. The Morgan fingerprint density at radius 3 is 2.72 bits per heavy atom. The molecular formula is C13H20N2O3. The lowest BCUT2D eigenvalue weighted by molar-refractivity contribution is -0.140. The Hall–Kier alpha value is -1.65. The van der Waals surface area contributed by atoms with Crippen molar-refractivity contribution < 1.29 is 14.3 Å². The van der Waals surface area contributed by atoms with Gasteiger partial charge in [-0.2, -0.15) is 5.10 Å². The third-order valence-corrected chi connectivity index (χ3v) is 2.74. The van der Waals surface area contributed by atoms with Gasteiger partial charge in [0, 0.05) is 18.5 Å². The van der Waals surface area contributed by atoms with Crippen molar-refractivity contribution in [3.8, 4) is 0 Å². The minimum Gasteiger partial charge on any atom is -0.469 e. The molecule has 0 aliphatic heterocycles. The maximum atomic E-state index is 11.7. The number of aryl methyl sites for hydroxylation is 2. The van der Waals surface area contributed by atoms with Crippen molar-refractivity contribution in [3.05, 3.63) is 17.5 Å². The largest absolute Gasteiger partial charge is 0.469 e. The van der Waals surface area contributed by atoms with Crippen molar-refractivity contribution in [2.24, 2.45) is 0 Å². The second kappa shape index (κ2) is 6.93. The van der Waals surface area contributed by atoms with E-state index < -0.39 is 0 Å². The fourth-order valence-corrected chi connectivity index (χ4v) is 1.80. The Bertz CT molecular complexity index is 424. The van der Waals surface area contributed by atoms with Crippen LogP contribution in [-0.4, -0.2) is 28.6 Å². The SMILES string of the molecule is CCc1cc(C)nn1CC(=O)CCCC(=O)OC. The van der Waals surface area contributed by atoms with Crippen LogP contribution in [0.15, 0.2) is 6.07 Å². The Labute approximate surface area is 107 Å². The van der Waals surface area contributed by atoms with Crippen molar-refractivity contribution in [1.82, 2.24) is 9.78 Å². The van der Waals surface area contributed by atoms with Gasteiger partial charge in [0.15, 0.2) is 5.78 Å². The van der Waals surface area contributed by atoms with Crippen molar-refractivity contribution in [1.29, 1.82) is 0 Å². The van der Waals surface area contributed by atoms with E-state index >= 15 is 0 Å².